The van der Waals surface area contributed by atoms with E-state index in [1.807, 2.05) is 0 Å². The Hall–Kier alpha value is -2.33. The Morgan fingerprint density at radius 1 is 0.970 bits per heavy atom. The molecule has 178 valence electrons. The zero-order chi connectivity index (χ0) is 24.0. The van der Waals surface area contributed by atoms with Crippen LogP contribution in [0.2, 0.25) is 10.0 Å². The first-order chi connectivity index (χ1) is 15.7. The quantitative estimate of drug-likeness (QED) is 0.565. The molecule has 8 nitrogen and oxygen atoms in total. The Morgan fingerprint density at radius 3 is 2.21 bits per heavy atom. The van der Waals surface area contributed by atoms with Gasteiger partial charge in [-0.25, -0.2) is 13.2 Å². The molecule has 33 heavy (non-hydrogen) atoms. The molecule has 11 heteroatoms. The normalized spacial score (nSPS) is 14.4. The fraction of sp³-hybridized carbons (Fsp3) is 0.364. The number of piperazine rings is 1. The number of halogens is 2. The van der Waals surface area contributed by atoms with Crippen LogP contribution in [0.4, 0.5) is 4.79 Å². The predicted octanol–water partition coefficient (Wildman–Crippen LogP) is 3.49. The van der Waals surface area contributed by atoms with Crippen LogP contribution in [0.5, 0.6) is 0 Å². The van der Waals surface area contributed by atoms with E-state index in [9.17, 15) is 18.0 Å². The Balaban J connectivity index is 1.77. The smallest absolute Gasteiger partial charge is 0.409 e. The molecule has 3 rings (SSSR count). The van der Waals surface area contributed by atoms with Gasteiger partial charge in [0.05, 0.1) is 28.1 Å². The molecule has 0 saturated carbocycles. The van der Waals surface area contributed by atoms with Crippen LogP contribution < -0.4 is 0 Å². The van der Waals surface area contributed by atoms with Gasteiger partial charge < -0.3 is 14.5 Å². The largest absolute Gasteiger partial charge is 0.450 e. The number of amides is 2. The number of hydrogen-bond acceptors (Lipinski definition) is 5. The van der Waals surface area contributed by atoms with Gasteiger partial charge in [-0.05, 0) is 36.8 Å². The molecule has 0 aromatic heterocycles. The molecule has 2 aromatic carbocycles. The van der Waals surface area contributed by atoms with E-state index in [0.717, 1.165) is 4.31 Å². The third kappa shape index (κ3) is 6.38. The zero-order valence-corrected chi connectivity index (χ0v) is 20.4. The second-order valence-electron chi connectivity index (χ2n) is 7.40. The molecule has 1 heterocycles. The van der Waals surface area contributed by atoms with Gasteiger partial charge in [0.2, 0.25) is 15.9 Å². The summed E-state index contributed by atoms with van der Waals surface area (Å²) >= 11 is 12.1. The number of ether oxygens (including phenoxy) is 1. The lowest BCUT2D eigenvalue weighted by Crippen LogP contribution is -2.53. The molecule has 0 radical (unpaired) electrons. The minimum atomic E-state index is -3.96. The Morgan fingerprint density at radius 2 is 1.61 bits per heavy atom. The van der Waals surface area contributed by atoms with Crippen LogP contribution in [0.3, 0.4) is 0 Å². The van der Waals surface area contributed by atoms with E-state index in [0.29, 0.717) is 41.8 Å². The molecule has 0 atom stereocenters. The van der Waals surface area contributed by atoms with Crippen molar-refractivity contribution in [2.45, 2.75) is 18.4 Å². The average Bonchev–Trinajstić information content (AvgIpc) is 2.81. The number of carbonyl (C=O) groups excluding carboxylic acids is 2. The summed E-state index contributed by atoms with van der Waals surface area (Å²) in [6, 6.07) is 12.8. The number of rotatable bonds is 7. The first-order valence-electron chi connectivity index (χ1n) is 10.4. The van der Waals surface area contributed by atoms with Crippen molar-refractivity contribution in [2.24, 2.45) is 0 Å². The summed E-state index contributed by atoms with van der Waals surface area (Å²) in [4.78, 5) is 28.1. The molecule has 1 fully saturated rings. The standard InChI is InChI=1S/C22H25Cl2N3O5S/c1-2-32-22(29)26-12-10-25(11-13-26)21(28)16-27(15-17-8-9-19(23)20(24)14-17)33(30,31)18-6-4-3-5-7-18/h3-9,14H,2,10-13,15-16H2,1H3. The van der Waals surface area contributed by atoms with Crippen molar-refractivity contribution in [1.29, 1.82) is 0 Å². The first-order valence-corrected chi connectivity index (χ1v) is 12.6. The van der Waals surface area contributed by atoms with E-state index in [2.05, 4.69) is 0 Å². The summed E-state index contributed by atoms with van der Waals surface area (Å²) in [5, 5.41) is 0.654. The van der Waals surface area contributed by atoms with Gasteiger partial charge in [0.25, 0.3) is 0 Å². The molecule has 0 aliphatic carbocycles. The van der Waals surface area contributed by atoms with E-state index in [4.69, 9.17) is 27.9 Å². The molecular formula is C22H25Cl2N3O5S. The minimum Gasteiger partial charge on any atom is -0.450 e. The second-order valence-corrected chi connectivity index (χ2v) is 10.2. The van der Waals surface area contributed by atoms with Crippen LogP contribution >= 0.6 is 23.2 Å². The molecule has 0 N–H and O–H groups in total. The molecule has 0 unspecified atom stereocenters. The summed E-state index contributed by atoms with van der Waals surface area (Å²) in [6.07, 6.45) is -0.419. The van der Waals surface area contributed by atoms with E-state index < -0.39 is 16.1 Å². The van der Waals surface area contributed by atoms with E-state index in [1.54, 1.807) is 48.2 Å². The van der Waals surface area contributed by atoms with Crippen molar-refractivity contribution in [2.75, 3.05) is 39.3 Å². The highest BCUT2D eigenvalue weighted by Gasteiger charge is 2.31. The summed E-state index contributed by atoms with van der Waals surface area (Å²) in [6.45, 7) is 2.84. The number of carbonyl (C=O) groups is 2. The van der Waals surface area contributed by atoms with Crippen LogP contribution in [0.1, 0.15) is 12.5 Å². The van der Waals surface area contributed by atoms with E-state index >= 15 is 0 Å². The van der Waals surface area contributed by atoms with Crippen LogP contribution in [0.25, 0.3) is 0 Å². The summed E-state index contributed by atoms with van der Waals surface area (Å²) < 4.78 is 32.8. The van der Waals surface area contributed by atoms with Gasteiger partial charge in [-0.2, -0.15) is 4.31 Å². The van der Waals surface area contributed by atoms with Crippen molar-refractivity contribution in [3.8, 4) is 0 Å². The molecule has 1 aliphatic rings. The highest BCUT2D eigenvalue weighted by atomic mass is 35.5. The maximum Gasteiger partial charge on any atom is 0.409 e. The van der Waals surface area contributed by atoms with Gasteiger partial charge >= 0.3 is 6.09 Å². The fourth-order valence-corrected chi connectivity index (χ4v) is 5.13. The van der Waals surface area contributed by atoms with Crippen LogP contribution in [0.15, 0.2) is 53.4 Å². The monoisotopic (exact) mass is 513 g/mol. The third-order valence-electron chi connectivity index (χ3n) is 5.19. The van der Waals surface area contributed by atoms with Crippen LogP contribution in [-0.2, 0) is 26.1 Å². The summed E-state index contributed by atoms with van der Waals surface area (Å²) in [5.41, 5.74) is 0.601. The van der Waals surface area contributed by atoms with Crippen molar-refractivity contribution in [1.82, 2.24) is 14.1 Å². The van der Waals surface area contributed by atoms with Gasteiger partial charge in [0.15, 0.2) is 0 Å². The molecule has 0 bridgehead atoms. The van der Waals surface area contributed by atoms with Crippen molar-refractivity contribution in [3.05, 3.63) is 64.1 Å². The number of benzene rings is 2. The van der Waals surface area contributed by atoms with Gasteiger partial charge in [-0.1, -0.05) is 47.5 Å². The maximum atomic E-state index is 13.3. The second kappa shape index (κ2) is 11.2. The van der Waals surface area contributed by atoms with Crippen molar-refractivity contribution in [3.63, 3.8) is 0 Å². The minimum absolute atomic E-state index is 0.0529. The molecule has 2 amide bonds. The number of sulfonamides is 1. The highest BCUT2D eigenvalue weighted by Crippen LogP contribution is 2.25. The van der Waals surface area contributed by atoms with Gasteiger partial charge in [0, 0.05) is 32.7 Å². The Kier molecular flexibility index (Phi) is 8.58. The molecule has 0 spiro atoms. The van der Waals surface area contributed by atoms with Crippen molar-refractivity contribution < 1.29 is 22.7 Å². The van der Waals surface area contributed by atoms with E-state index in [1.165, 1.54) is 17.0 Å². The number of hydrogen-bond donors (Lipinski definition) is 0. The SMILES string of the molecule is CCOC(=O)N1CCN(C(=O)CN(Cc2ccc(Cl)c(Cl)c2)S(=O)(=O)c2ccccc2)CC1. The predicted molar refractivity (Wildman–Crippen MR) is 126 cm³/mol. The molecule has 1 saturated heterocycles. The van der Waals surface area contributed by atoms with Gasteiger partial charge in [-0.15, -0.1) is 0 Å². The summed E-state index contributed by atoms with van der Waals surface area (Å²) in [7, 11) is -3.96. The van der Waals surface area contributed by atoms with Gasteiger partial charge in [0.1, 0.15) is 0 Å². The van der Waals surface area contributed by atoms with E-state index in [-0.39, 0.29) is 30.5 Å². The Bertz CT molecular complexity index is 1090. The summed E-state index contributed by atoms with van der Waals surface area (Å²) in [5.74, 6) is -0.349. The molecular weight excluding hydrogens is 489 g/mol. The number of nitrogens with zero attached hydrogens (tertiary/aromatic N) is 3. The molecule has 1 aliphatic heterocycles. The van der Waals surface area contributed by atoms with Gasteiger partial charge in [-0.3, -0.25) is 4.79 Å². The van der Waals surface area contributed by atoms with Crippen molar-refractivity contribution >= 4 is 45.2 Å². The third-order valence-corrected chi connectivity index (χ3v) is 7.74. The topological polar surface area (TPSA) is 87.2 Å². The molecule has 2 aromatic rings. The first kappa shape index (κ1) is 25.3. The Labute approximate surface area is 203 Å². The zero-order valence-electron chi connectivity index (χ0n) is 18.1. The average molecular weight is 514 g/mol. The lowest BCUT2D eigenvalue weighted by atomic mass is 10.2. The lowest BCUT2D eigenvalue weighted by Gasteiger charge is -2.35. The maximum absolute atomic E-state index is 13.3. The van der Waals surface area contributed by atoms with Crippen LogP contribution in [0, 0.1) is 0 Å². The highest BCUT2D eigenvalue weighted by molar-refractivity contribution is 7.89. The van der Waals surface area contributed by atoms with Crippen LogP contribution in [-0.4, -0.2) is 73.9 Å². The fourth-order valence-electron chi connectivity index (χ4n) is 3.41. The lowest BCUT2D eigenvalue weighted by molar-refractivity contribution is -0.133.